The summed E-state index contributed by atoms with van der Waals surface area (Å²) in [5.74, 6) is 0.644. The van der Waals surface area contributed by atoms with Gasteiger partial charge in [0.05, 0.1) is 17.1 Å². The van der Waals surface area contributed by atoms with Crippen LogP contribution in [0.5, 0.6) is 0 Å². The Kier molecular flexibility index (Phi) is 4.72. The molecule has 5 rings (SSSR count). The van der Waals surface area contributed by atoms with Crippen molar-refractivity contribution >= 4 is 22.5 Å². The number of nitrogens with zero attached hydrogens (tertiary/aromatic N) is 5. The summed E-state index contributed by atoms with van der Waals surface area (Å²) in [6.45, 7) is 2.27. The Balaban J connectivity index is 1.29. The molecule has 2 aliphatic rings. The number of hydrogen-bond acceptors (Lipinski definition) is 5. The van der Waals surface area contributed by atoms with Gasteiger partial charge in [-0.15, -0.1) is 0 Å². The maximum atomic E-state index is 13.0. The molecular formula is C22H22F3N5. The fraction of sp³-hybridized carbons (Fsp3) is 0.409. The predicted molar refractivity (Wildman–Crippen MR) is 110 cm³/mol. The van der Waals surface area contributed by atoms with Crippen LogP contribution in [0.3, 0.4) is 0 Å². The van der Waals surface area contributed by atoms with Crippen molar-refractivity contribution < 1.29 is 13.2 Å². The SMILES string of the molecule is FC(F)(F)C1CCN(c2nccnc2C2CN(c3ccc4ccccc4n3)C2)CC1. The Morgan fingerprint density at radius 1 is 0.867 bits per heavy atom. The number of alkyl halides is 3. The van der Waals surface area contributed by atoms with Crippen LogP contribution < -0.4 is 9.80 Å². The number of halogens is 3. The number of hydrogen-bond donors (Lipinski definition) is 0. The van der Waals surface area contributed by atoms with Crippen molar-refractivity contribution in [2.24, 2.45) is 5.92 Å². The highest BCUT2D eigenvalue weighted by atomic mass is 19.4. The molecule has 0 spiro atoms. The standard InChI is InChI=1S/C22H22F3N5/c23-22(24,25)17-7-11-29(12-8-17)21-20(26-9-10-27-21)16-13-30(14-16)19-6-5-15-3-1-2-4-18(15)28-19/h1-6,9-10,16-17H,7-8,11-14H2. The molecule has 8 heteroatoms. The highest BCUT2D eigenvalue weighted by molar-refractivity contribution is 5.80. The summed E-state index contributed by atoms with van der Waals surface area (Å²) in [5, 5.41) is 1.11. The van der Waals surface area contributed by atoms with Gasteiger partial charge in [0.15, 0.2) is 5.82 Å². The molecule has 0 unspecified atom stereocenters. The van der Waals surface area contributed by atoms with E-state index < -0.39 is 12.1 Å². The molecule has 0 atom stereocenters. The third-order valence-electron chi connectivity index (χ3n) is 6.14. The lowest BCUT2D eigenvalue weighted by Gasteiger charge is -2.41. The van der Waals surface area contributed by atoms with Crippen molar-refractivity contribution in [2.45, 2.75) is 24.9 Å². The van der Waals surface area contributed by atoms with E-state index in [-0.39, 0.29) is 18.8 Å². The molecule has 2 fully saturated rings. The topological polar surface area (TPSA) is 45.2 Å². The lowest BCUT2D eigenvalue weighted by Crippen LogP contribution is -2.47. The highest BCUT2D eigenvalue weighted by Crippen LogP contribution is 2.38. The van der Waals surface area contributed by atoms with Crippen molar-refractivity contribution in [1.82, 2.24) is 15.0 Å². The first kappa shape index (κ1) is 19.1. The molecule has 1 aromatic carbocycles. The van der Waals surface area contributed by atoms with Gasteiger partial charge in [0.2, 0.25) is 0 Å². The van der Waals surface area contributed by atoms with Gasteiger partial charge in [-0.1, -0.05) is 18.2 Å². The Labute approximate surface area is 172 Å². The van der Waals surface area contributed by atoms with Gasteiger partial charge in [0.25, 0.3) is 0 Å². The minimum atomic E-state index is -4.11. The molecule has 30 heavy (non-hydrogen) atoms. The van der Waals surface area contributed by atoms with Gasteiger partial charge in [-0.2, -0.15) is 13.2 Å². The van der Waals surface area contributed by atoms with Gasteiger partial charge in [-0.3, -0.25) is 4.98 Å². The molecular weight excluding hydrogens is 391 g/mol. The number of anilines is 2. The summed E-state index contributed by atoms with van der Waals surface area (Å²) in [7, 11) is 0. The van der Waals surface area contributed by atoms with Gasteiger partial charge in [-0.25, -0.2) is 9.97 Å². The fourth-order valence-corrected chi connectivity index (χ4v) is 4.36. The van der Waals surface area contributed by atoms with Crippen LogP contribution in [0.1, 0.15) is 24.5 Å². The predicted octanol–water partition coefficient (Wildman–Crippen LogP) is 4.41. The van der Waals surface area contributed by atoms with Crippen LogP contribution in [-0.2, 0) is 0 Å². The van der Waals surface area contributed by atoms with E-state index >= 15 is 0 Å². The van der Waals surface area contributed by atoms with E-state index in [1.165, 1.54) is 0 Å². The molecule has 0 amide bonds. The summed E-state index contributed by atoms with van der Waals surface area (Å²) in [4.78, 5) is 17.9. The van der Waals surface area contributed by atoms with Crippen LogP contribution in [0.2, 0.25) is 0 Å². The largest absolute Gasteiger partial charge is 0.391 e. The summed E-state index contributed by atoms with van der Waals surface area (Å²) in [6.07, 6.45) is -0.610. The number of fused-ring (bicyclic) bond motifs is 1. The third-order valence-corrected chi connectivity index (χ3v) is 6.14. The number of benzene rings is 1. The number of rotatable bonds is 3. The molecule has 156 valence electrons. The second-order valence-corrected chi connectivity index (χ2v) is 8.03. The van der Waals surface area contributed by atoms with Crippen molar-refractivity contribution in [3.05, 3.63) is 54.5 Å². The molecule has 0 N–H and O–H groups in total. The average Bonchev–Trinajstić information content (AvgIpc) is 2.72. The summed E-state index contributed by atoms with van der Waals surface area (Å²) in [6, 6.07) is 12.1. The minimum Gasteiger partial charge on any atom is -0.355 e. The molecule has 0 saturated carbocycles. The molecule has 0 bridgehead atoms. The third kappa shape index (κ3) is 3.55. The summed E-state index contributed by atoms with van der Waals surface area (Å²) in [5.41, 5.74) is 1.84. The lowest BCUT2D eigenvalue weighted by atomic mass is 9.93. The van der Waals surface area contributed by atoms with E-state index in [2.05, 4.69) is 20.9 Å². The Hall–Kier alpha value is -2.90. The van der Waals surface area contributed by atoms with E-state index in [9.17, 15) is 13.2 Å². The van der Waals surface area contributed by atoms with E-state index in [4.69, 9.17) is 4.98 Å². The summed E-state index contributed by atoms with van der Waals surface area (Å²) >= 11 is 0. The number of aromatic nitrogens is 3. The molecule has 4 heterocycles. The van der Waals surface area contributed by atoms with Crippen LogP contribution in [0.4, 0.5) is 24.8 Å². The van der Waals surface area contributed by atoms with E-state index in [1.807, 2.05) is 35.2 Å². The first-order valence-electron chi connectivity index (χ1n) is 10.2. The van der Waals surface area contributed by atoms with Crippen LogP contribution in [0.15, 0.2) is 48.8 Å². The van der Waals surface area contributed by atoms with E-state index in [1.54, 1.807) is 12.4 Å². The zero-order valence-electron chi connectivity index (χ0n) is 16.4. The molecule has 0 radical (unpaired) electrons. The normalized spacial score (nSPS) is 18.6. The van der Waals surface area contributed by atoms with Crippen LogP contribution >= 0.6 is 0 Å². The lowest BCUT2D eigenvalue weighted by molar-refractivity contribution is -0.179. The maximum absolute atomic E-state index is 13.0. The van der Waals surface area contributed by atoms with Crippen molar-refractivity contribution in [2.75, 3.05) is 36.0 Å². The second-order valence-electron chi connectivity index (χ2n) is 8.03. The van der Waals surface area contributed by atoms with Gasteiger partial charge in [0, 0.05) is 49.9 Å². The molecule has 2 aromatic heterocycles. The Morgan fingerprint density at radius 2 is 1.60 bits per heavy atom. The summed E-state index contributed by atoms with van der Waals surface area (Å²) < 4.78 is 39.0. The maximum Gasteiger partial charge on any atom is 0.391 e. The Morgan fingerprint density at radius 3 is 2.37 bits per heavy atom. The number of pyridine rings is 1. The van der Waals surface area contributed by atoms with Crippen LogP contribution in [0.25, 0.3) is 10.9 Å². The van der Waals surface area contributed by atoms with E-state index in [0.717, 1.165) is 41.3 Å². The fourth-order valence-electron chi connectivity index (χ4n) is 4.36. The first-order valence-corrected chi connectivity index (χ1v) is 10.2. The quantitative estimate of drug-likeness (QED) is 0.637. The van der Waals surface area contributed by atoms with Gasteiger partial charge in [0.1, 0.15) is 5.82 Å². The smallest absolute Gasteiger partial charge is 0.355 e. The molecule has 3 aromatic rings. The van der Waals surface area contributed by atoms with Crippen molar-refractivity contribution in [3.8, 4) is 0 Å². The van der Waals surface area contributed by atoms with Gasteiger partial charge in [-0.05, 0) is 31.0 Å². The zero-order chi connectivity index (χ0) is 20.7. The molecule has 2 aliphatic heterocycles. The van der Waals surface area contributed by atoms with Gasteiger partial charge < -0.3 is 9.80 Å². The van der Waals surface area contributed by atoms with Crippen molar-refractivity contribution in [3.63, 3.8) is 0 Å². The first-order chi connectivity index (χ1) is 14.5. The van der Waals surface area contributed by atoms with Crippen LogP contribution in [0, 0.1) is 5.92 Å². The van der Waals surface area contributed by atoms with Gasteiger partial charge >= 0.3 is 6.18 Å². The van der Waals surface area contributed by atoms with Crippen LogP contribution in [-0.4, -0.2) is 47.3 Å². The monoisotopic (exact) mass is 413 g/mol. The number of piperidine rings is 1. The Bertz CT molecular complexity index is 1040. The number of para-hydroxylation sites is 1. The zero-order valence-corrected chi connectivity index (χ0v) is 16.4. The van der Waals surface area contributed by atoms with Crippen molar-refractivity contribution in [1.29, 1.82) is 0 Å². The molecule has 2 saturated heterocycles. The molecule has 5 nitrogen and oxygen atoms in total. The highest BCUT2D eigenvalue weighted by Gasteiger charge is 2.42. The molecule has 0 aliphatic carbocycles. The second kappa shape index (κ2) is 7.41. The van der Waals surface area contributed by atoms with E-state index in [0.29, 0.717) is 13.1 Å². The minimum absolute atomic E-state index is 0.108. The average molecular weight is 413 g/mol.